The van der Waals surface area contributed by atoms with E-state index >= 15 is 0 Å². The molecule has 294 valence electrons. The highest BCUT2D eigenvalue weighted by Gasteiger charge is 2.35. The number of hydrogen-bond acceptors (Lipinski definition) is 10. The van der Waals surface area contributed by atoms with Crippen molar-refractivity contribution in [3.8, 4) is 0 Å². The van der Waals surface area contributed by atoms with Crippen molar-refractivity contribution in [2.24, 2.45) is 0 Å². The van der Waals surface area contributed by atoms with Gasteiger partial charge in [0.25, 0.3) is 0 Å². The van der Waals surface area contributed by atoms with Gasteiger partial charge in [-0.25, -0.2) is 4.79 Å². The van der Waals surface area contributed by atoms with Crippen LogP contribution in [0.2, 0.25) is 0 Å². The highest BCUT2D eigenvalue weighted by atomic mass is 16.6. The van der Waals surface area contributed by atoms with E-state index < -0.39 is 52.4 Å². The van der Waals surface area contributed by atoms with Crippen molar-refractivity contribution < 1.29 is 47.7 Å². The molecule has 13 heteroatoms. The van der Waals surface area contributed by atoms with Gasteiger partial charge in [0, 0.05) is 37.8 Å². The van der Waals surface area contributed by atoms with E-state index in [0.717, 1.165) is 5.56 Å². The zero-order valence-electron chi connectivity index (χ0n) is 33.0. The van der Waals surface area contributed by atoms with Crippen LogP contribution in [-0.4, -0.2) is 70.7 Å². The van der Waals surface area contributed by atoms with Gasteiger partial charge in [-0.1, -0.05) is 36.8 Å². The van der Waals surface area contributed by atoms with Gasteiger partial charge in [-0.2, -0.15) is 0 Å². The minimum Gasteiger partial charge on any atom is -0.460 e. The Hall–Kier alpha value is -4.16. The molecule has 0 heterocycles. The second-order valence-corrected chi connectivity index (χ2v) is 16.1. The molecule has 0 saturated carbocycles. The molecule has 1 aromatic carbocycles. The molecule has 0 bridgehead atoms. The fourth-order valence-corrected chi connectivity index (χ4v) is 5.08. The number of rotatable bonds is 20. The van der Waals surface area contributed by atoms with Crippen molar-refractivity contribution in [1.82, 2.24) is 16.0 Å². The Kier molecular flexibility index (Phi) is 18.9. The summed E-state index contributed by atoms with van der Waals surface area (Å²) < 4.78 is 21.7. The van der Waals surface area contributed by atoms with E-state index in [4.69, 9.17) is 18.9 Å². The summed E-state index contributed by atoms with van der Waals surface area (Å²) >= 11 is 0. The van der Waals surface area contributed by atoms with Crippen molar-refractivity contribution in [1.29, 1.82) is 0 Å². The number of carbonyl (C=O) groups excluding carboxylic acids is 6. The van der Waals surface area contributed by atoms with Gasteiger partial charge in [-0.3, -0.25) is 24.0 Å². The third kappa shape index (κ3) is 22.6. The van der Waals surface area contributed by atoms with Crippen LogP contribution in [0.3, 0.4) is 0 Å². The van der Waals surface area contributed by atoms with E-state index in [2.05, 4.69) is 16.0 Å². The molecule has 0 spiro atoms. The van der Waals surface area contributed by atoms with Crippen LogP contribution in [0.25, 0.3) is 0 Å². The lowest BCUT2D eigenvalue weighted by Crippen LogP contribution is -2.50. The van der Waals surface area contributed by atoms with Gasteiger partial charge in [0.05, 0.1) is 0 Å². The van der Waals surface area contributed by atoms with Gasteiger partial charge < -0.3 is 34.9 Å². The summed E-state index contributed by atoms with van der Waals surface area (Å²) in [6, 6.07) is 8.40. The van der Waals surface area contributed by atoms with Crippen LogP contribution in [0.5, 0.6) is 0 Å². The SMILES string of the molecule is C[C@H](NC(=O)OCc1ccccc1)C(=O)NCCCCCC(=O)NC(CCC(=O)OC(C)(C)C)(CCC(=O)OC(C)(C)C)CCC(=O)OC(C)(C)C. The minimum atomic E-state index is -1.10. The number of ether oxygens (including phenoxy) is 4. The third-order valence-electron chi connectivity index (χ3n) is 7.41. The highest BCUT2D eigenvalue weighted by Crippen LogP contribution is 2.29. The molecule has 0 radical (unpaired) electrons. The monoisotopic (exact) mass is 733 g/mol. The molecule has 1 rings (SSSR count). The van der Waals surface area contributed by atoms with Gasteiger partial charge in [-0.05, 0) is 107 Å². The van der Waals surface area contributed by atoms with Crippen molar-refractivity contribution in [3.63, 3.8) is 0 Å². The zero-order valence-corrected chi connectivity index (χ0v) is 33.0. The lowest BCUT2D eigenvalue weighted by Gasteiger charge is -2.36. The maximum absolute atomic E-state index is 13.4. The number of hydrogen-bond donors (Lipinski definition) is 3. The Balaban J connectivity index is 2.81. The lowest BCUT2D eigenvalue weighted by molar-refractivity contribution is -0.155. The van der Waals surface area contributed by atoms with Gasteiger partial charge in [0.15, 0.2) is 0 Å². The van der Waals surface area contributed by atoms with E-state index in [1.807, 2.05) is 30.3 Å². The first-order valence-corrected chi connectivity index (χ1v) is 18.2. The highest BCUT2D eigenvalue weighted by molar-refractivity contribution is 5.85. The number of esters is 3. The summed E-state index contributed by atoms with van der Waals surface area (Å²) in [5, 5.41) is 8.35. The average Bonchev–Trinajstić information content (AvgIpc) is 3.00. The van der Waals surface area contributed by atoms with Crippen LogP contribution in [0.1, 0.15) is 139 Å². The van der Waals surface area contributed by atoms with Crippen LogP contribution in [-0.2, 0) is 49.5 Å². The Morgan fingerprint density at radius 1 is 0.635 bits per heavy atom. The van der Waals surface area contributed by atoms with E-state index in [0.29, 0.717) is 25.8 Å². The van der Waals surface area contributed by atoms with Crippen LogP contribution < -0.4 is 16.0 Å². The number of nitrogens with one attached hydrogen (secondary N) is 3. The van der Waals surface area contributed by atoms with Crippen LogP contribution in [0.15, 0.2) is 30.3 Å². The van der Waals surface area contributed by atoms with Crippen LogP contribution in [0, 0.1) is 0 Å². The number of amides is 3. The molecular weight excluding hydrogens is 670 g/mol. The Morgan fingerprint density at radius 3 is 1.54 bits per heavy atom. The van der Waals surface area contributed by atoms with E-state index in [1.54, 1.807) is 69.2 Å². The molecule has 1 aromatic rings. The predicted molar refractivity (Wildman–Crippen MR) is 197 cm³/mol. The second kappa shape index (κ2) is 21.4. The molecule has 0 aromatic heterocycles. The minimum absolute atomic E-state index is 0.0437. The fourth-order valence-electron chi connectivity index (χ4n) is 5.08. The molecule has 3 N–H and O–H groups in total. The summed E-state index contributed by atoms with van der Waals surface area (Å²) in [5.41, 5.74) is -2.40. The molecule has 0 fully saturated rings. The molecule has 0 aliphatic heterocycles. The lowest BCUT2D eigenvalue weighted by atomic mass is 9.83. The van der Waals surface area contributed by atoms with E-state index in [1.165, 1.54) is 0 Å². The van der Waals surface area contributed by atoms with Crippen molar-refractivity contribution in [3.05, 3.63) is 35.9 Å². The van der Waals surface area contributed by atoms with Crippen LogP contribution >= 0.6 is 0 Å². The molecule has 0 unspecified atom stereocenters. The second-order valence-electron chi connectivity index (χ2n) is 16.1. The van der Waals surface area contributed by atoms with Gasteiger partial charge >= 0.3 is 24.0 Å². The normalized spacial score (nSPS) is 12.6. The fraction of sp³-hybridized carbons (Fsp3) is 0.692. The Bertz CT molecular complexity index is 1230. The summed E-state index contributed by atoms with van der Waals surface area (Å²) in [5.74, 6) is -2.04. The third-order valence-corrected chi connectivity index (χ3v) is 7.41. The zero-order chi connectivity index (χ0) is 39.6. The van der Waals surface area contributed by atoms with Gasteiger partial charge in [0.2, 0.25) is 11.8 Å². The Morgan fingerprint density at radius 2 is 1.10 bits per heavy atom. The summed E-state index contributed by atoms with van der Waals surface area (Å²) in [4.78, 5) is 76.2. The maximum Gasteiger partial charge on any atom is 0.408 e. The quantitative estimate of drug-likeness (QED) is 0.0795. The number of alkyl carbamates (subject to hydrolysis) is 1. The number of benzene rings is 1. The first-order valence-electron chi connectivity index (χ1n) is 18.2. The molecule has 3 amide bonds. The topological polar surface area (TPSA) is 175 Å². The Labute approximate surface area is 310 Å². The molecular formula is C39H63N3O10. The smallest absolute Gasteiger partial charge is 0.408 e. The molecule has 1 atom stereocenters. The first kappa shape index (κ1) is 45.9. The van der Waals surface area contributed by atoms with E-state index in [9.17, 15) is 28.8 Å². The first-order chi connectivity index (χ1) is 24.0. The van der Waals surface area contributed by atoms with Crippen molar-refractivity contribution >= 4 is 35.8 Å². The molecule has 0 aliphatic carbocycles. The number of unbranched alkanes of at least 4 members (excludes halogenated alkanes) is 2. The standard InChI is InChI=1S/C39H63N3O10/c1-28(41-35(48)49-27-29-17-13-11-14-18-29)34(47)40-26-16-12-15-19-30(43)42-39(23-20-31(44)50-36(2,3)4,24-21-32(45)51-37(5,6)7)25-22-33(46)52-38(8,9)10/h11,13-14,17-18,28H,12,15-16,19-27H2,1-10H3,(H,40,47)(H,41,48)(H,42,43)/t28-/m0/s1. The van der Waals surface area contributed by atoms with Gasteiger partial charge in [-0.15, -0.1) is 0 Å². The molecule has 13 nitrogen and oxygen atoms in total. The van der Waals surface area contributed by atoms with Crippen molar-refractivity contribution in [2.45, 2.75) is 168 Å². The maximum atomic E-state index is 13.4. The van der Waals surface area contributed by atoms with Crippen LogP contribution in [0.4, 0.5) is 4.79 Å². The molecule has 0 aliphatic rings. The van der Waals surface area contributed by atoms with E-state index in [-0.39, 0.29) is 63.4 Å². The largest absolute Gasteiger partial charge is 0.460 e. The number of carbonyl (C=O) groups is 6. The summed E-state index contributed by atoms with van der Waals surface area (Å²) in [6.45, 7) is 17.9. The van der Waals surface area contributed by atoms with Gasteiger partial charge in [0.1, 0.15) is 29.5 Å². The summed E-state index contributed by atoms with van der Waals surface area (Å²) in [7, 11) is 0. The average molecular weight is 734 g/mol. The predicted octanol–water partition coefficient (Wildman–Crippen LogP) is 6.20. The van der Waals surface area contributed by atoms with Crippen molar-refractivity contribution in [2.75, 3.05) is 6.54 Å². The summed E-state index contributed by atoms with van der Waals surface area (Å²) in [6.07, 6.45) is 1.44. The molecule has 52 heavy (non-hydrogen) atoms. The molecule has 0 saturated heterocycles.